The molecular weight excluding hydrogens is 272 g/mol. The molecule has 3 rings (SSSR count). The van der Waals surface area contributed by atoms with Crippen molar-refractivity contribution in [2.75, 3.05) is 25.1 Å². The van der Waals surface area contributed by atoms with Crippen LogP contribution in [0.25, 0.3) is 11.3 Å². The molecule has 0 spiro atoms. The molecular formula is C15H16N2O4. The van der Waals surface area contributed by atoms with Crippen molar-refractivity contribution in [3.63, 3.8) is 0 Å². The topological polar surface area (TPSA) is 73.6 Å². The number of carbonyl (C=O) groups is 1. The zero-order valence-corrected chi connectivity index (χ0v) is 11.7. The van der Waals surface area contributed by atoms with Crippen LogP contribution in [0.4, 0.5) is 5.69 Å². The van der Waals surface area contributed by atoms with Gasteiger partial charge in [0.05, 0.1) is 19.8 Å². The van der Waals surface area contributed by atoms with Crippen LogP contribution in [0.5, 0.6) is 0 Å². The number of hydrogen-bond donors (Lipinski definition) is 1. The van der Waals surface area contributed by atoms with Gasteiger partial charge in [0.2, 0.25) is 0 Å². The van der Waals surface area contributed by atoms with Crippen molar-refractivity contribution in [2.45, 2.75) is 13.0 Å². The first-order valence-corrected chi connectivity index (χ1v) is 6.75. The zero-order valence-electron chi connectivity index (χ0n) is 11.7. The summed E-state index contributed by atoms with van der Waals surface area (Å²) in [6.07, 6.45) is 1.06. The SMILES string of the molecule is Cc1nc(-c2ccc(NC(=O)C3COCCO3)cc2)co1. The van der Waals surface area contributed by atoms with E-state index < -0.39 is 6.10 Å². The Morgan fingerprint density at radius 1 is 1.29 bits per heavy atom. The molecule has 0 radical (unpaired) electrons. The maximum atomic E-state index is 12.0. The van der Waals surface area contributed by atoms with Gasteiger partial charge in [-0.2, -0.15) is 0 Å². The van der Waals surface area contributed by atoms with Crippen molar-refractivity contribution in [3.8, 4) is 11.3 Å². The third kappa shape index (κ3) is 3.29. The number of oxazole rings is 1. The Bertz CT molecular complexity index is 615. The van der Waals surface area contributed by atoms with Gasteiger partial charge in [0.1, 0.15) is 12.0 Å². The van der Waals surface area contributed by atoms with E-state index in [0.717, 1.165) is 11.3 Å². The summed E-state index contributed by atoms with van der Waals surface area (Å²) < 4.78 is 15.7. The second kappa shape index (κ2) is 6.07. The Hall–Kier alpha value is -2.18. The minimum absolute atomic E-state index is 0.195. The molecule has 1 saturated heterocycles. The number of carbonyl (C=O) groups excluding carboxylic acids is 1. The van der Waals surface area contributed by atoms with E-state index in [1.54, 1.807) is 13.2 Å². The molecule has 6 heteroatoms. The molecule has 1 aliphatic heterocycles. The molecule has 1 atom stereocenters. The average molecular weight is 288 g/mol. The van der Waals surface area contributed by atoms with E-state index in [1.165, 1.54) is 0 Å². The third-order valence-electron chi connectivity index (χ3n) is 3.18. The van der Waals surface area contributed by atoms with E-state index in [0.29, 0.717) is 31.4 Å². The Kier molecular flexibility index (Phi) is 3.98. The highest BCUT2D eigenvalue weighted by atomic mass is 16.6. The lowest BCUT2D eigenvalue weighted by Gasteiger charge is -2.22. The van der Waals surface area contributed by atoms with Crippen molar-refractivity contribution in [3.05, 3.63) is 36.4 Å². The summed E-state index contributed by atoms with van der Waals surface area (Å²) in [5, 5.41) is 2.81. The van der Waals surface area contributed by atoms with Gasteiger partial charge in [-0.05, 0) is 12.1 Å². The smallest absolute Gasteiger partial charge is 0.255 e. The number of hydrogen-bond acceptors (Lipinski definition) is 5. The van der Waals surface area contributed by atoms with Gasteiger partial charge in [-0.1, -0.05) is 12.1 Å². The lowest BCUT2D eigenvalue weighted by Crippen LogP contribution is -2.39. The highest BCUT2D eigenvalue weighted by molar-refractivity contribution is 5.94. The van der Waals surface area contributed by atoms with Crippen LogP contribution < -0.4 is 5.32 Å². The summed E-state index contributed by atoms with van der Waals surface area (Å²) in [4.78, 5) is 16.2. The van der Waals surface area contributed by atoms with Crippen LogP contribution in [0.2, 0.25) is 0 Å². The van der Waals surface area contributed by atoms with E-state index in [1.807, 2.05) is 24.3 Å². The van der Waals surface area contributed by atoms with Gasteiger partial charge >= 0.3 is 0 Å². The number of benzene rings is 1. The van der Waals surface area contributed by atoms with Crippen molar-refractivity contribution in [1.82, 2.24) is 4.98 Å². The number of nitrogens with one attached hydrogen (secondary N) is 1. The molecule has 1 fully saturated rings. The standard InChI is InChI=1S/C15H16N2O4/c1-10-16-13(8-21-10)11-2-4-12(5-3-11)17-15(18)14-9-19-6-7-20-14/h2-5,8,14H,6-7,9H2,1H3,(H,17,18). The number of aryl methyl sites for hydroxylation is 1. The van der Waals surface area contributed by atoms with Crippen molar-refractivity contribution in [2.24, 2.45) is 0 Å². The molecule has 1 aromatic carbocycles. The minimum atomic E-state index is -0.545. The number of amides is 1. The first-order chi connectivity index (χ1) is 10.2. The van der Waals surface area contributed by atoms with E-state index >= 15 is 0 Å². The van der Waals surface area contributed by atoms with Gasteiger partial charge in [-0.3, -0.25) is 4.79 Å². The maximum absolute atomic E-state index is 12.0. The van der Waals surface area contributed by atoms with Gasteiger partial charge in [0, 0.05) is 18.2 Å². The molecule has 1 amide bonds. The average Bonchev–Trinajstić information content (AvgIpc) is 2.95. The van der Waals surface area contributed by atoms with Crippen molar-refractivity contribution in [1.29, 1.82) is 0 Å². The molecule has 110 valence electrons. The van der Waals surface area contributed by atoms with E-state index in [9.17, 15) is 4.79 Å². The Balaban J connectivity index is 1.65. The highest BCUT2D eigenvalue weighted by Crippen LogP contribution is 2.21. The van der Waals surface area contributed by atoms with Crippen LogP contribution in [0.1, 0.15) is 5.89 Å². The Labute approximate surface area is 122 Å². The number of ether oxygens (including phenoxy) is 2. The normalized spacial score (nSPS) is 18.4. The predicted molar refractivity (Wildman–Crippen MR) is 75.9 cm³/mol. The summed E-state index contributed by atoms with van der Waals surface area (Å²) in [6, 6.07) is 7.40. The van der Waals surface area contributed by atoms with E-state index in [4.69, 9.17) is 13.9 Å². The molecule has 1 aliphatic rings. The van der Waals surface area contributed by atoms with Crippen LogP contribution in [0.3, 0.4) is 0 Å². The molecule has 0 saturated carbocycles. The molecule has 2 aromatic rings. The molecule has 1 N–H and O–H groups in total. The van der Waals surface area contributed by atoms with Crippen molar-refractivity contribution >= 4 is 11.6 Å². The fourth-order valence-electron chi connectivity index (χ4n) is 2.08. The third-order valence-corrected chi connectivity index (χ3v) is 3.18. The van der Waals surface area contributed by atoms with Gasteiger partial charge in [0.25, 0.3) is 5.91 Å². The van der Waals surface area contributed by atoms with Gasteiger partial charge in [-0.15, -0.1) is 0 Å². The highest BCUT2D eigenvalue weighted by Gasteiger charge is 2.22. The number of aromatic nitrogens is 1. The summed E-state index contributed by atoms with van der Waals surface area (Å²) >= 11 is 0. The first kappa shape index (κ1) is 13.8. The summed E-state index contributed by atoms with van der Waals surface area (Å²) in [5.74, 6) is 0.427. The van der Waals surface area contributed by atoms with Gasteiger partial charge in [-0.25, -0.2) is 4.98 Å². The van der Waals surface area contributed by atoms with Crippen LogP contribution in [-0.2, 0) is 14.3 Å². The molecule has 2 heterocycles. The second-order valence-electron chi connectivity index (χ2n) is 4.75. The summed E-state index contributed by atoms with van der Waals surface area (Å²) in [7, 11) is 0. The Morgan fingerprint density at radius 2 is 2.10 bits per heavy atom. The molecule has 0 aliphatic carbocycles. The second-order valence-corrected chi connectivity index (χ2v) is 4.75. The van der Waals surface area contributed by atoms with Gasteiger partial charge < -0.3 is 19.2 Å². The molecule has 1 aromatic heterocycles. The van der Waals surface area contributed by atoms with E-state index in [-0.39, 0.29) is 5.91 Å². The number of rotatable bonds is 3. The molecule has 0 bridgehead atoms. The lowest BCUT2D eigenvalue weighted by atomic mass is 10.1. The van der Waals surface area contributed by atoms with Crippen LogP contribution in [0, 0.1) is 6.92 Å². The van der Waals surface area contributed by atoms with Crippen LogP contribution in [-0.4, -0.2) is 36.8 Å². The number of nitrogens with zero attached hydrogens (tertiary/aromatic N) is 1. The first-order valence-electron chi connectivity index (χ1n) is 6.75. The predicted octanol–water partition coefficient (Wildman–Crippen LogP) is 2.00. The quantitative estimate of drug-likeness (QED) is 0.935. The fraction of sp³-hybridized carbons (Fsp3) is 0.333. The van der Waals surface area contributed by atoms with E-state index in [2.05, 4.69) is 10.3 Å². The summed E-state index contributed by atoms with van der Waals surface area (Å²) in [5.41, 5.74) is 2.41. The molecule has 21 heavy (non-hydrogen) atoms. The Morgan fingerprint density at radius 3 is 2.71 bits per heavy atom. The van der Waals surface area contributed by atoms with Gasteiger partial charge in [0.15, 0.2) is 12.0 Å². The molecule has 6 nitrogen and oxygen atoms in total. The lowest BCUT2D eigenvalue weighted by molar-refractivity contribution is -0.142. The van der Waals surface area contributed by atoms with Crippen LogP contribution >= 0.6 is 0 Å². The molecule has 1 unspecified atom stereocenters. The summed E-state index contributed by atoms with van der Waals surface area (Å²) in [6.45, 7) is 3.07. The number of anilines is 1. The monoisotopic (exact) mass is 288 g/mol. The maximum Gasteiger partial charge on any atom is 0.255 e. The zero-order chi connectivity index (χ0) is 14.7. The largest absolute Gasteiger partial charge is 0.449 e. The van der Waals surface area contributed by atoms with Crippen molar-refractivity contribution < 1.29 is 18.7 Å². The van der Waals surface area contributed by atoms with Crippen LogP contribution in [0.15, 0.2) is 34.9 Å². The minimum Gasteiger partial charge on any atom is -0.449 e. The fourth-order valence-corrected chi connectivity index (χ4v) is 2.08.